The SMILES string of the molecule is O=C1C[N+]2(Cc3ccccc3)CCC3(CC2)c2[nH]c4ccccc4c2CCN13. The summed E-state index contributed by atoms with van der Waals surface area (Å²) in [5, 5.41) is 1.35. The van der Waals surface area contributed by atoms with Gasteiger partial charge in [-0.25, -0.2) is 0 Å². The van der Waals surface area contributed by atoms with Crippen molar-refractivity contribution in [3.63, 3.8) is 0 Å². The van der Waals surface area contributed by atoms with Crippen molar-refractivity contribution in [3.8, 4) is 0 Å². The molecule has 1 N–H and O–H groups in total. The molecule has 1 spiro atoms. The van der Waals surface area contributed by atoms with Crippen LogP contribution in [0.25, 0.3) is 10.9 Å². The van der Waals surface area contributed by atoms with Crippen LogP contribution in [0.1, 0.15) is 29.7 Å². The quantitative estimate of drug-likeness (QED) is 0.686. The van der Waals surface area contributed by atoms with Crippen molar-refractivity contribution < 1.29 is 9.28 Å². The maximum absolute atomic E-state index is 13.4. The third-order valence-electron chi connectivity index (χ3n) is 7.51. The van der Waals surface area contributed by atoms with E-state index < -0.39 is 0 Å². The van der Waals surface area contributed by atoms with E-state index in [-0.39, 0.29) is 5.54 Å². The molecule has 4 nitrogen and oxygen atoms in total. The number of benzene rings is 2. The number of nitrogens with one attached hydrogen (secondary N) is 1. The number of aromatic nitrogens is 1. The van der Waals surface area contributed by atoms with Gasteiger partial charge in [-0.3, -0.25) is 4.79 Å². The van der Waals surface area contributed by atoms with Gasteiger partial charge in [0.15, 0.2) is 6.54 Å². The molecule has 3 aromatic rings. The van der Waals surface area contributed by atoms with Gasteiger partial charge in [0.05, 0.1) is 18.6 Å². The highest BCUT2D eigenvalue weighted by Crippen LogP contribution is 2.49. The van der Waals surface area contributed by atoms with Gasteiger partial charge in [-0.2, -0.15) is 0 Å². The fraction of sp³-hybridized carbons (Fsp3) is 0.375. The zero-order valence-corrected chi connectivity index (χ0v) is 16.2. The number of quaternary nitrogens is 1. The molecule has 5 heterocycles. The van der Waals surface area contributed by atoms with E-state index in [1.165, 1.54) is 27.7 Å². The highest BCUT2D eigenvalue weighted by atomic mass is 16.2. The Hall–Kier alpha value is -2.59. The van der Waals surface area contributed by atoms with Crippen LogP contribution in [0.15, 0.2) is 54.6 Å². The molecule has 3 fully saturated rings. The molecule has 142 valence electrons. The molecular formula is C24H26N3O+. The maximum Gasteiger partial charge on any atom is 0.278 e. The highest BCUT2D eigenvalue weighted by Gasteiger charge is 2.56. The van der Waals surface area contributed by atoms with Gasteiger partial charge in [0.1, 0.15) is 6.54 Å². The summed E-state index contributed by atoms with van der Waals surface area (Å²) in [7, 11) is 0. The largest absolute Gasteiger partial charge is 0.356 e. The Morgan fingerprint density at radius 1 is 1.00 bits per heavy atom. The lowest BCUT2D eigenvalue weighted by atomic mass is 9.77. The lowest BCUT2D eigenvalue weighted by molar-refractivity contribution is -0.937. The van der Waals surface area contributed by atoms with Crippen LogP contribution >= 0.6 is 0 Å². The van der Waals surface area contributed by atoms with Gasteiger partial charge in [-0.15, -0.1) is 0 Å². The summed E-state index contributed by atoms with van der Waals surface area (Å²) < 4.78 is 0.913. The molecule has 2 bridgehead atoms. The number of aromatic amines is 1. The number of piperidine rings is 1. The number of hydrogen-bond acceptors (Lipinski definition) is 1. The maximum atomic E-state index is 13.4. The van der Waals surface area contributed by atoms with Gasteiger partial charge in [0.2, 0.25) is 0 Å². The number of carbonyl (C=O) groups excluding carboxylic acids is 1. The zero-order chi connectivity index (χ0) is 18.8. The van der Waals surface area contributed by atoms with E-state index in [0.29, 0.717) is 12.5 Å². The van der Waals surface area contributed by atoms with E-state index in [1.807, 2.05) is 0 Å². The number of para-hydroxylation sites is 1. The molecule has 4 heteroatoms. The molecule has 2 aromatic carbocycles. The molecule has 4 aliphatic heterocycles. The average Bonchev–Trinajstić information content (AvgIpc) is 3.00. The first-order valence-corrected chi connectivity index (χ1v) is 10.5. The molecule has 0 saturated carbocycles. The lowest BCUT2D eigenvalue weighted by Crippen LogP contribution is -2.56. The minimum Gasteiger partial charge on any atom is -0.356 e. The molecule has 0 atom stereocenters. The molecule has 0 aliphatic carbocycles. The van der Waals surface area contributed by atoms with Gasteiger partial charge in [0.25, 0.3) is 5.91 Å². The van der Waals surface area contributed by atoms with Crippen LogP contribution in [0.2, 0.25) is 0 Å². The molecule has 7 rings (SSSR count). The lowest BCUT2D eigenvalue weighted by Gasteiger charge is -2.48. The van der Waals surface area contributed by atoms with Crippen LogP contribution in [0.3, 0.4) is 0 Å². The van der Waals surface area contributed by atoms with Crippen molar-refractivity contribution >= 4 is 16.8 Å². The Morgan fingerprint density at radius 2 is 1.75 bits per heavy atom. The Morgan fingerprint density at radius 3 is 2.57 bits per heavy atom. The second kappa shape index (κ2) is 5.71. The van der Waals surface area contributed by atoms with Gasteiger partial charge in [-0.1, -0.05) is 48.5 Å². The standard InChI is InChI=1S/C24H26N3O/c28-22-17-27(16-18-6-2-1-3-7-18)14-11-24(12-15-27)23-20(10-13-26(22)24)19-8-4-5-9-21(19)25-23/h1-9,25H,10-17H2/q+1. The molecule has 1 amide bonds. The van der Waals surface area contributed by atoms with Crippen LogP contribution < -0.4 is 0 Å². The number of hydrogen-bond donors (Lipinski definition) is 1. The van der Waals surface area contributed by atoms with Crippen molar-refractivity contribution in [2.75, 3.05) is 26.2 Å². The summed E-state index contributed by atoms with van der Waals surface area (Å²) in [6, 6.07) is 19.3. The van der Waals surface area contributed by atoms with Gasteiger partial charge >= 0.3 is 0 Å². The number of amides is 1. The summed E-state index contributed by atoms with van der Waals surface area (Å²) >= 11 is 0. The number of nitrogens with zero attached hydrogens (tertiary/aromatic N) is 2. The number of rotatable bonds is 2. The van der Waals surface area contributed by atoms with Gasteiger partial charge in [0, 0.05) is 41.5 Å². The third kappa shape index (κ3) is 2.18. The second-order valence-electron chi connectivity index (χ2n) is 8.94. The van der Waals surface area contributed by atoms with E-state index in [0.717, 1.165) is 49.9 Å². The minimum atomic E-state index is -0.126. The Kier molecular flexibility index (Phi) is 3.34. The van der Waals surface area contributed by atoms with E-state index in [1.54, 1.807) is 0 Å². The Balaban J connectivity index is 1.43. The van der Waals surface area contributed by atoms with Crippen LogP contribution in [0.5, 0.6) is 0 Å². The van der Waals surface area contributed by atoms with E-state index in [9.17, 15) is 4.79 Å². The van der Waals surface area contributed by atoms with Crippen molar-refractivity contribution in [3.05, 3.63) is 71.4 Å². The summed E-state index contributed by atoms with van der Waals surface area (Å²) in [4.78, 5) is 19.4. The molecule has 28 heavy (non-hydrogen) atoms. The summed E-state index contributed by atoms with van der Waals surface area (Å²) in [6.45, 7) is 4.62. The fourth-order valence-corrected chi connectivity index (χ4v) is 6.11. The van der Waals surface area contributed by atoms with Crippen molar-refractivity contribution in [2.45, 2.75) is 31.3 Å². The van der Waals surface area contributed by atoms with E-state index in [4.69, 9.17) is 0 Å². The molecular weight excluding hydrogens is 346 g/mol. The van der Waals surface area contributed by atoms with Gasteiger partial charge < -0.3 is 14.4 Å². The van der Waals surface area contributed by atoms with E-state index in [2.05, 4.69) is 64.5 Å². The highest BCUT2D eigenvalue weighted by molar-refractivity contribution is 5.87. The third-order valence-corrected chi connectivity index (χ3v) is 7.51. The summed E-state index contributed by atoms with van der Waals surface area (Å²) in [5.74, 6) is 0.343. The molecule has 0 unspecified atom stereocenters. The van der Waals surface area contributed by atoms with Crippen molar-refractivity contribution in [1.82, 2.24) is 9.88 Å². The summed E-state index contributed by atoms with van der Waals surface area (Å²) in [6.07, 6.45) is 3.09. The first-order chi connectivity index (χ1) is 13.7. The first kappa shape index (κ1) is 16.4. The van der Waals surface area contributed by atoms with Crippen LogP contribution in [0.4, 0.5) is 0 Å². The number of H-pyrrole nitrogens is 1. The minimum absolute atomic E-state index is 0.126. The summed E-state index contributed by atoms with van der Waals surface area (Å²) in [5.41, 5.74) is 5.21. The zero-order valence-electron chi connectivity index (χ0n) is 16.2. The van der Waals surface area contributed by atoms with Crippen molar-refractivity contribution in [1.29, 1.82) is 0 Å². The predicted molar refractivity (Wildman–Crippen MR) is 110 cm³/mol. The predicted octanol–water partition coefficient (Wildman–Crippen LogP) is 3.57. The molecule has 1 aromatic heterocycles. The average molecular weight is 372 g/mol. The van der Waals surface area contributed by atoms with Crippen LogP contribution in [0, 0.1) is 0 Å². The number of carbonyl (C=O) groups is 1. The van der Waals surface area contributed by atoms with E-state index >= 15 is 0 Å². The Bertz CT molecular complexity index is 1060. The molecule has 3 saturated heterocycles. The second-order valence-corrected chi connectivity index (χ2v) is 8.94. The normalized spacial score (nSPS) is 28.9. The van der Waals surface area contributed by atoms with Gasteiger partial charge in [-0.05, 0) is 18.1 Å². The molecule has 4 aliphatic rings. The smallest absolute Gasteiger partial charge is 0.278 e. The monoisotopic (exact) mass is 372 g/mol. The first-order valence-electron chi connectivity index (χ1n) is 10.5. The van der Waals surface area contributed by atoms with Crippen LogP contribution in [-0.4, -0.2) is 46.5 Å². The number of fused-ring (bicyclic) bond motifs is 6. The fourth-order valence-electron chi connectivity index (χ4n) is 6.11. The van der Waals surface area contributed by atoms with Crippen LogP contribution in [-0.2, 0) is 23.3 Å². The Labute approximate surface area is 165 Å². The molecule has 0 radical (unpaired) electrons. The van der Waals surface area contributed by atoms with Crippen molar-refractivity contribution in [2.24, 2.45) is 0 Å². The topological polar surface area (TPSA) is 36.1 Å².